The Morgan fingerprint density at radius 2 is 1.96 bits per heavy atom. The van der Waals surface area contributed by atoms with Crippen LogP contribution in [-0.4, -0.2) is 44.1 Å². The van der Waals surface area contributed by atoms with Gasteiger partial charge in [0.25, 0.3) is 5.91 Å². The molecule has 0 atom stereocenters. The Kier molecular flexibility index (Phi) is 5.07. The van der Waals surface area contributed by atoms with Crippen LogP contribution in [0.1, 0.15) is 28.1 Å². The largest absolute Gasteiger partial charge is 0.451 e. The number of aromatic nitrogens is 1. The average molecular weight is 416 g/mol. The fourth-order valence-corrected chi connectivity index (χ4v) is 5.07. The van der Waals surface area contributed by atoms with Gasteiger partial charge in [-0.2, -0.15) is 0 Å². The predicted octanol–water partition coefficient (Wildman–Crippen LogP) is 3.43. The Morgan fingerprint density at radius 3 is 2.61 bits per heavy atom. The van der Waals surface area contributed by atoms with E-state index in [0.717, 1.165) is 27.5 Å². The SMILES string of the molecule is CN(C)c1nc2sc(C(=O)OCC(=O)NCC3(c4ccccc4)CC3)cc2s1. The number of benzene rings is 1. The van der Waals surface area contributed by atoms with Crippen LogP contribution in [0.2, 0.25) is 0 Å². The maximum atomic E-state index is 12.2. The van der Waals surface area contributed by atoms with Gasteiger partial charge < -0.3 is 15.0 Å². The summed E-state index contributed by atoms with van der Waals surface area (Å²) < 4.78 is 6.13. The number of hydrogen-bond acceptors (Lipinski definition) is 7. The number of amides is 1. The van der Waals surface area contributed by atoms with Gasteiger partial charge in [-0.25, -0.2) is 9.78 Å². The highest BCUT2D eigenvalue weighted by atomic mass is 32.1. The van der Waals surface area contributed by atoms with Crippen molar-refractivity contribution in [1.29, 1.82) is 0 Å². The van der Waals surface area contributed by atoms with E-state index in [-0.39, 0.29) is 17.9 Å². The maximum Gasteiger partial charge on any atom is 0.348 e. The van der Waals surface area contributed by atoms with E-state index in [1.807, 2.05) is 37.2 Å². The van der Waals surface area contributed by atoms with E-state index in [9.17, 15) is 9.59 Å². The maximum absolute atomic E-state index is 12.2. The summed E-state index contributed by atoms with van der Waals surface area (Å²) >= 11 is 2.81. The average Bonchev–Trinajstić information content (AvgIpc) is 3.21. The molecular weight excluding hydrogens is 394 g/mol. The highest BCUT2D eigenvalue weighted by Crippen LogP contribution is 2.47. The number of ether oxygens (including phenoxy) is 1. The highest BCUT2D eigenvalue weighted by molar-refractivity contribution is 7.29. The van der Waals surface area contributed by atoms with Crippen LogP contribution in [0.4, 0.5) is 5.13 Å². The molecule has 4 rings (SSSR count). The first-order chi connectivity index (χ1) is 13.5. The van der Waals surface area contributed by atoms with E-state index >= 15 is 0 Å². The van der Waals surface area contributed by atoms with Crippen LogP contribution in [0.3, 0.4) is 0 Å². The molecule has 8 heteroatoms. The van der Waals surface area contributed by atoms with Crippen molar-refractivity contribution in [2.24, 2.45) is 0 Å². The second kappa shape index (κ2) is 7.52. The summed E-state index contributed by atoms with van der Waals surface area (Å²) in [5.74, 6) is -0.761. The third-order valence-corrected chi connectivity index (χ3v) is 7.17. The van der Waals surface area contributed by atoms with Crippen molar-refractivity contribution >= 4 is 49.2 Å². The minimum Gasteiger partial charge on any atom is -0.451 e. The summed E-state index contributed by atoms with van der Waals surface area (Å²) in [6.07, 6.45) is 2.12. The number of fused-ring (bicyclic) bond motifs is 1. The molecule has 1 N–H and O–H groups in total. The smallest absolute Gasteiger partial charge is 0.348 e. The molecule has 28 heavy (non-hydrogen) atoms. The van der Waals surface area contributed by atoms with Gasteiger partial charge in [-0.1, -0.05) is 41.7 Å². The van der Waals surface area contributed by atoms with Gasteiger partial charge >= 0.3 is 5.97 Å². The summed E-state index contributed by atoms with van der Waals surface area (Å²) in [4.78, 5) is 32.1. The topological polar surface area (TPSA) is 71.5 Å². The van der Waals surface area contributed by atoms with Gasteiger partial charge in [0.2, 0.25) is 0 Å². The lowest BCUT2D eigenvalue weighted by Gasteiger charge is -2.16. The number of nitrogens with zero attached hydrogens (tertiary/aromatic N) is 2. The lowest BCUT2D eigenvalue weighted by Crippen LogP contribution is -2.35. The van der Waals surface area contributed by atoms with Gasteiger partial charge in [0.05, 0.1) is 4.70 Å². The van der Waals surface area contributed by atoms with Crippen molar-refractivity contribution in [1.82, 2.24) is 10.3 Å². The van der Waals surface area contributed by atoms with Gasteiger partial charge in [0, 0.05) is 26.1 Å². The zero-order valence-electron chi connectivity index (χ0n) is 15.7. The minimum absolute atomic E-state index is 0.0366. The molecule has 0 aliphatic heterocycles. The first-order valence-electron chi connectivity index (χ1n) is 9.04. The quantitative estimate of drug-likeness (QED) is 0.599. The molecule has 146 valence electrons. The highest BCUT2D eigenvalue weighted by Gasteiger charge is 2.44. The molecule has 1 aliphatic rings. The van der Waals surface area contributed by atoms with Crippen LogP contribution >= 0.6 is 22.7 Å². The minimum atomic E-state index is -0.485. The fraction of sp³-hybridized carbons (Fsp3) is 0.350. The van der Waals surface area contributed by atoms with Gasteiger partial charge in [0.15, 0.2) is 11.7 Å². The van der Waals surface area contributed by atoms with Crippen LogP contribution in [0, 0.1) is 0 Å². The Labute approximate surface area is 171 Å². The van der Waals surface area contributed by atoms with E-state index in [0.29, 0.717) is 11.4 Å². The fourth-order valence-electron chi connectivity index (χ4n) is 3.05. The number of carbonyl (C=O) groups is 2. The number of hydrogen-bond donors (Lipinski definition) is 1. The normalized spacial score (nSPS) is 14.6. The molecule has 6 nitrogen and oxygen atoms in total. The van der Waals surface area contributed by atoms with Crippen LogP contribution in [0.25, 0.3) is 9.53 Å². The monoisotopic (exact) mass is 415 g/mol. The van der Waals surface area contributed by atoms with Crippen LogP contribution in [-0.2, 0) is 14.9 Å². The molecule has 2 heterocycles. The molecule has 1 fully saturated rings. The summed E-state index contributed by atoms with van der Waals surface area (Å²) in [6.45, 7) is 0.297. The lowest BCUT2D eigenvalue weighted by molar-refractivity contribution is -0.124. The molecular formula is C20H21N3O3S2. The van der Waals surface area contributed by atoms with Crippen LogP contribution < -0.4 is 10.2 Å². The number of carbonyl (C=O) groups excluding carboxylic acids is 2. The molecule has 0 radical (unpaired) electrons. The number of nitrogens with one attached hydrogen (secondary N) is 1. The lowest BCUT2D eigenvalue weighted by atomic mass is 9.96. The van der Waals surface area contributed by atoms with Crippen molar-refractivity contribution in [2.45, 2.75) is 18.3 Å². The van der Waals surface area contributed by atoms with Gasteiger partial charge in [-0.3, -0.25) is 4.79 Å². The van der Waals surface area contributed by atoms with E-state index < -0.39 is 5.97 Å². The standard InChI is InChI=1S/C20H21N3O3S2/c1-23(2)19-22-17-14(28-19)10-15(27-17)18(25)26-11-16(24)21-12-20(8-9-20)13-6-4-3-5-7-13/h3-7,10H,8-9,11-12H2,1-2H3,(H,21,24). The summed E-state index contributed by atoms with van der Waals surface area (Å²) in [7, 11) is 3.86. The number of anilines is 1. The molecule has 1 aliphatic carbocycles. The van der Waals surface area contributed by atoms with Crippen molar-refractivity contribution in [2.75, 3.05) is 32.1 Å². The second-order valence-electron chi connectivity index (χ2n) is 7.17. The van der Waals surface area contributed by atoms with E-state index in [2.05, 4.69) is 22.4 Å². The van der Waals surface area contributed by atoms with Crippen LogP contribution in [0.15, 0.2) is 36.4 Å². The zero-order valence-corrected chi connectivity index (χ0v) is 17.4. The van der Waals surface area contributed by atoms with Crippen molar-refractivity contribution in [3.63, 3.8) is 0 Å². The first kappa shape index (κ1) is 18.9. The molecule has 0 unspecified atom stereocenters. The molecule has 1 amide bonds. The van der Waals surface area contributed by atoms with Crippen molar-refractivity contribution < 1.29 is 14.3 Å². The van der Waals surface area contributed by atoms with E-state index in [4.69, 9.17) is 4.74 Å². The van der Waals surface area contributed by atoms with E-state index in [1.165, 1.54) is 28.2 Å². The first-order valence-corrected chi connectivity index (χ1v) is 10.7. The second-order valence-corrected chi connectivity index (χ2v) is 9.21. The summed E-state index contributed by atoms with van der Waals surface area (Å²) in [5.41, 5.74) is 1.28. The van der Waals surface area contributed by atoms with E-state index in [1.54, 1.807) is 6.07 Å². The molecule has 3 aromatic rings. The van der Waals surface area contributed by atoms with Crippen molar-refractivity contribution in [3.05, 3.63) is 46.8 Å². The molecule has 0 saturated heterocycles. The Balaban J connectivity index is 1.29. The molecule has 1 saturated carbocycles. The Bertz CT molecular complexity index is 975. The van der Waals surface area contributed by atoms with Gasteiger partial charge in [0.1, 0.15) is 9.71 Å². The predicted molar refractivity (Wildman–Crippen MR) is 112 cm³/mol. The van der Waals surface area contributed by atoms with Gasteiger partial charge in [-0.15, -0.1) is 11.3 Å². The molecule has 1 aromatic carbocycles. The third-order valence-electron chi connectivity index (χ3n) is 4.86. The van der Waals surface area contributed by atoms with Gasteiger partial charge in [-0.05, 0) is 24.5 Å². The Morgan fingerprint density at radius 1 is 1.21 bits per heavy atom. The zero-order chi connectivity index (χ0) is 19.7. The number of thiophene rings is 1. The molecule has 2 aromatic heterocycles. The number of esters is 1. The Hall–Kier alpha value is -2.45. The van der Waals surface area contributed by atoms with Crippen molar-refractivity contribution in [3.8, 4) is 0 Å². The third kappa shape index (κ3) is 3.88. The molecule has 0 spiro atoms. The molecule has 0 bridgehead atoms. The number of rotatable bonds is 7. The van der Waals surface area contributed by atoms with Crippen LogP contribution in [0.5, 0.6) is 0 Å². The summed E-state index contributed by atoms with van der Waals surface area (Å²) in [5, 5.41) is 3.80. The summed E-state index contributed by atoms with van der Waals surface area (Å²) in [6, 6.07) is 12.0. The number of thiazole rings is 1.